The van der Waals surface area contributed by atoms with E-state index < -0.39 is 14.1 Å². The number of aliphatic hydroxyl groups is 1. The van der Waals surface area contributed by atoms with E-state index in [-0.39, 0.29) is 35.9 Å². The maximum atomic E-state index is 9.58. The van der Waals surface area contributed by atoms with Gasteiger partial charge in [0.25, 0.3) is 0 Å². The van der Waals surface area contributed by atoms with Crippen molar-refractivity contribution in [3.8, 4) is 0 Å². The number of ether oxygens (including phenoxy) is 2. The highest BCUT2D eigenvalue weighted by molar-refractivity contribution is 6.74. The topological polar surface area (TPSA) is 47.9 Å². The Kier molecular flexibility index (Phi) is 4.15. The molecule has 0 spiro atoms. The fraction of sp³-hybridized carbons (Fsp3) is 1.00. The number of fused-ring (bicyclic) bond motifs is 1. The molecular weight excluding hydrogens is 272 g/mol. The predicted molar refractivity (Wildman–Crippen MR) is 81.1 cm³/mol. The molecule has 20 heavy (non-hydrogen) atoms. The van der Waals surface area contributed by atoms with Gasteiger partial charge in [0.2, 0.25) is 0 Å². The molecule has 0 unspecified atom stereocenters. The molecule has 1 N–H and O–H groups in total. The minimum Gasteiger partial charge on any atom is -0.411 e. The van der Waals surface area contributed by atoms with Crippen LogP contribution in [-0.4, -0.2) is 44.1 Å². The van der Waals surface area contributed by atoms with Gasteiger partial charge in [0, 0.05) is 12.5 Å². The number of aliphatic hydroxyl groups excluding tert-OH is 1. The van der Waals surface area contributed by atoms with Gasteiger partial charge in [0.15, 0.2) is 14.1 Å². The van der Waals surface area contributed by atoms with Crippen LogP contribution in [0.25, 0.3) is 0 Å². The highest BCUT2D eigenvalue weighted by Crippen LogP contribution is 2.46. The summed E-state index contributed by atoms with van der Waals surface area (Å²) in [5.41, 5.74) is 0. The second-order valence-electron chi connectivity index (χ2n) is 8.16. The summed E-state index contributed by atoms with van der Waals surface area (Å²) < 4.78 is 18.5. The summed E-state index contributed by atoms with van der Waals surface area (Å²) in [7, 11) is -1.84. The molecular formula is C15H30O4Si. The lowest BCUT2D eigenvalue weighted by Gasteiger charge is -2.39. The third kappa shape index (κ3) is 2.97. The van der Waals surface area contributed by atoms with Gasteiger partial charge < -0.3 is 19.0 Å². The van der Waals surface area contributed by atoms with E-state index in [1.165, 1.54) is 0 Å². The first-order chi connectivity index (χ1) is 8.97. The average Bonchev–Trinajstić information content (AvgIpc) is 2.71. The van der Waals surface area contributed by atoms with Crippen LogP contribution in [-0.2, 0) is 13.9 Å². The summed E-state index contributed by atoms with van der Waals surface area (Å²) in [5.74, 6) is -0.449. The van der Waals surface area contributed by atoms with Crippen molar-refractivity contribution in [3.05, 3.63) is 0 Å². The molecule has 1 aliphatic heterocycles. The minimum atomic E-state index is -1.84. The molecule has 1 saturated heterocycles. The third-order valence-corrected chi connectivity index (χ3v) is 9.52. The van der Waals surface area contributed by atoms with Crippen molar-refractivity contribution in [3.63, 3.8) is 0 Å². The van der Waals surface area contributed by atoms with Gasteiger partial charge in [-0.05, 0) is 38.4 Å². The Balaban J connectivity index is 2.14. The molecule has 5 heteroatoms. The molecule has 0 aromatic carbocycles. The Hall–Kier alpha value is 0.0569. The van der Waals surface area contributed by atoms with Crippen LogP contribution in [0.2, 0.25) is 18.1 Å². The van der Waals surface area contributed by atoms with E-state index in [1.807, 2.05) is 13.8 Å². The Bertz CT molecular complexity index is 361. The lowest BCUT2D eigenvalue weighted by atomic mass is 10.1. The molecule has 0 amide bonds. The molecule has 1 aliphatic carbocycles. The van der Waals surface area contributed by atoms with Crippen LogP contribution >= 0.6 is 0 Å². The van der Waals surface area contributed by atoms with Crippen molar-refractivity contribution in [2.75, 3.05) is 6.61 Å². The Labute approximate surface area is 123 Å². The molecule has 0 aromatic rings. The molecule has 0 bridgehead atoms. The predicted octanol–water partition coefficient (Wildman–Crippen LogP) is 2.91. The van der Waals surface area contributed by atoms with E-state index in [9.17, 15) is 5.11 Å². The van der Waals surface area contributed by atoms with Gasteiger partial charge in [-0.1, -0.05) is 20.8 Å². The standard InChI is InChI=1S/C15H30O4Si/c1-14(2,3)20(6,7)19-11-8-10(9-16)12-13(11)18-15(4,5)17-12/h10-13,16H,8-9H2,1-7H3/t10-,11-,12+,13-/m0/s1. The molecule has 2 rings (SSSR count). The van der Waals surface area contributed by atoms with Gasteiger partial charge in [-0.2, -0.15) is 0 Å². The average molecular weight is 302 g/mol. The zero-order valence-corrected chi connectivity index (χ0v) is 14.9. The maximum Gasteiger partial charge on any atom is 0.192 e. The first-order valence-corrected chi connectivity index (χ1v) is 10.5. The van der Waals surface area contributed by atoms with Crippen molar-refractivity contribution in [1.82, 2.24) is 0 Å². The van der Waals surface area contributed by atoms with E-state index in [2.05, 4.69) is 33.9 Å². The lowest BCUT2D eigenvalue weighted by molar-refractivity contribution is -0.166. The second-order valence-corrected chi connectivity index (χ2v) is 12.9. The van der Waals surface area contributed by atoms with E-state index in [4.69, 9.17) is 13.9 Å². The minimum absolute atomic E-state index is 0.0373. The molecule has 4 atom stereocenters. The molecule has 4 nitrogen and oxygen atoms in total. The van der Waals surface area contributed by atoms with Crippen LogP contribution in [0.3, 0.4) is 0 Å². The summed E-state index contributed by atoms with van der Waals surface area (Å²) in [4.78, 5) is 0. The quantitative estimate of drug-likeness (QED) is 0.814. The summed E-state index contributed by atoms with van der Waals surface area (Å²) >= 11 is 0. The lowest BCUT2D eigenvalue weighted by Crippen LogP contribution is -2.46. The second kappa shape index (κ2) is 5.06. The molecule has 118 valence electrons. The Morgan fingerprint density at radius 2 is 1.75 bits per heavy atom. The largest absolute Gasteiger partial charge is 0.411 e. The van der Waals surface area contributed by atoms with E-state index in [0.29, 0.717) is 0 Å². The van der Waals surface area contributed by atoms with Crippen LogP contribution in [0.5, 0.6) is 0 Å². The highest BCUT2D eigenvalue weighted by atomic mass is 28.4. The van der Waals surface area contributed by atoms with Gasteiger partial charge in [-0.15, -0.1) is 0 Å². The fourth-order valence-electron chi connectivity index (χ4n) is 2.88. The zero-order chi connectivity index (χ0) is 15.3. The van der Waals surface area contributed by atoms with Crippen molar-refractivity contribution < 1.29 is 19.0 Å². The summed E-state index contributed by atoms with van der Waals surface area (Å²) in [5, 5.41) is 9.75. The molecule has 0 radical (unpaired) electrons. The van der Waals surface area contributed by atoms with E-state index in [1.54, 1.807) is 0 Å². The van der Waals surface area contributed by atoms with Crippen LogP contribution in [0.4, 0.5) is 0 Å². The molecule has 0 aromatic heterocycles. The maximum absolute atomic E-state index is 9.58. The van der Waals surface area contributed by atoms with Gasteiger partial charge in [0.1, 0.15) is 6.10 Å². The van der Waals surface area contributed by atoms with E-state index in [0.717, 1.165) is 6.42 Å². The van der Waals surface area contributed by atoms with Crippen molar-refractivity contribution in [2.45, 2.75) is 83.3 Å². The number of hydrogen-bond donors (Lipinski definition) is 1. The highest BCUT2D eigenvalue weighted by Gasteiger charge is 2.56. The van der Waals surface area contributed by atoms with Gasteiger partial charge in [-0.3, -0.25) is 0 Å². The fourth-order valence-corrected chi connectivity index (χ4v) is 4.23. The molecule has 2 fully saturated rings. The first-order valence-electron chi connectivity index (χ1n) is 7.61. The van der Waals surface area contributed by atoms with Gasteiger partial charge >= 0.3 is 0 Å². The van der Waals surface area contributed by atoms with Gasteiger partial charge in [-0.25, -0.2) is 0 Å². The van der Waals surface area contributed by atoms with Crippen molar-refractivity contribution in [1.29, 1.82) is 0 Å². The normalized spacial score (nSPS) is 37.2. The smallest absolute Gasteiger partial charge is 0.192 e. The first kappa shape index (κ1) is 16.4. The monoisotopic (exact) mass is 302 g/mol. The number of rotatable bonds is 3. The summed E-state index contributed by atoms with van der Waals surface area (Å²) in [6, 6.07) is 0. The van der Waals surface area contributed by atoms with Crippen LogP contribution < -0.4 is 0 Å². The molecule has 1 saturated carbocycles. The third-order valence-electron chi connectivity index (χ3n) is 5.02. The van der Waals surface area contributed by atoms with Crippen LogP contribution in [0.15, 0.2) is 0 Å². The SMILES string of the molecule is CC1(C)O[C@@H]2[C@H](CO)C[C@H](O[Si](C)(C)C(C)(C)C)[C@@H]2O1. The zero-order valence-electron chi connectivity index (χ0n) is 13.9. The van der Waals surface area contributed by atoms with Crippen molar-refractivity contribution in [2.24, 2.45) is 5.92 Å². The number of hydrogen-bond acceptors (Lipinski definition) is 4. The van der Waals surface area contributed by atoms with Crippen LogP contribution in [0.1, 0.15) is 41.0 Å². The van der Waals surface area contributed by atoms with Gasteiger partial charge in [0.05, 0.1) is 12.2 Å². The molecule has 1 heterocycles. The summed E-state index contributed by atoms with van der Waals surface area (Å²) in [6.07, 6.45) is 0.787. The Morgan fingerprint density at radius 1 is 1.20 bits per heavy atom. The summed E-state index contributed by atoms with van der Waals surface area (Å²) in [6.45, 7) is 15.2. The van der Waals surface area contributed by atoms with Crippen LogP contribution in [0, 0.1) is 5.92 Å². The van der Waals surface area contributed by atoms with Crippen molar-refractivity contribution >= 4 is 8.32 Å². The molecule has 2 aliphatic rings. The Morgan fingerprint density at radius 3 is 2.25 bits per heavy atom. The van der Waals surface area contributed by atoms with E-state index >= 15 is 0 Å².